The molecular weight excluding hydrogens is 415 g/mol. The number of nitrogens with one attached hydrogen (secondary N) is 1. The van der Waals surface area contributed by atoms with Gasteiger partial charge in [0, 0.05) is 19.7 Å². The van der Waals surface area contributed by atoms with E-state index in [0.29, 0.717) is 6.54 Å². The molecular formula is C19H18F3N7O2. The Hall–Kier alpha value is -3.70. The van der Waals surface area contributed by atoms with E-state index in [9.17, 15) is 22.8 Å². The number of alkyl halides is 3. The van der Waals surface area contributed by atoms with Crippen LogP contribution in [0.3, 0.4) is 0 Å². The lowest BCUT2D eigenvalue weighted by atomic mass is 10.2. The fourth-order valence-corrected chi connectivity index (χ4v) is 3.30. The lowest BCUT2D eigenvalue weighted by molar-refractivity contribution is -0.141. The topological polar surface area (TPSA) is 97.9 Å². The standard InChI is InChI=1S/C19H18F3N7O2/c1-27-15-9-14(19(20,21)22)25-29(15)8-7-13(18(27)31)24-17(30)16-23-11-28(26-16)10-12-5-3-2-4-6-12/h2-6,9,11,13H,7-8,10H2,1H3,(H,24,30). The lowest BCUT2D eigenvalue weighted by Gasteiger charge is -2.19. The summed E-state index contributed by atoms with van der Waals surface area (Å²) in [7, 11) is 1.34. The average molecular weight is 433 g/mol. The molecule has 162 valence electrons. The van der Waals surface area contributed by atoms with Gasteiger partial charge in [-0.25, -0.2) is 14.3 Å². The molecule has 9 nitrogen and oxygen atoms in total. The first-order chi connectivity index (χ1) is 14.7. The molecule has 1 aliphatic rings. The number of hydrogen-bond donors (Lipinski definition) is 1. The molecule has 0 radical (unpaired) electrons. The van der Waals surface area contributed by atoms with Crippen LogP contribution in [0.5, 0.6) is 0 Å². The third-order valence-corrected chi connectivity index (χ3v) is 4.88. The van der Waals surface area contributed by atoms with Crippen LogP contribution in [0.15, 0.2) is 42.7 Å². The Morgan fingerprint density at radius 1 is 1.23 bits per heavy atom. The number of aromatic nitrogens is 5. The van der Waals surface area contributed by atoms with E-state index in [1.807, 2.05) is 30.3 Å². The number of carbonyl (C=O) groups is 2. The first-order valence-electron chi connectivity index (χ1n) is 9.39. The van der Waals surface area contributed by atoms with Crippen molar-refractivity contribution in [3.8, 4) is 0 Å². The van der Waals surface area contributed by atoms with Gasteiger partial charge < -0.3 is 5.32 Å². The van der Waals surface area contributed by atoms with E-state index in [2.05, 4.69) is 20.5 Å². The molecule has 1 atom stereocenters. The zero-order valence-corrected chi connectivity index (χ0v) is 16.4. The SMILES string of the molecule is CN1C(=O)C(NC(=O)c2ncn(Cc3ccccc3)n2)CCn2nc(C(F)(F)F)cc21. The number of aryl methyl sites for hydroxylation is 1. The van der Waals surface area contributed by atoms with Gasteiger partial charge in [-0.15, -0.1) is 5.10 Å². The molecule has 2 aromatic heterocycles. The predicted molar refractivity (Wildman–Crippen MR) is 102 cm³/mol. The van der Waals surface area contributed by atoms with Crippen LogP contribution in [0.25, 0.3) is 0 Å². The van der Waals surface area contributed by atoms with E-state index < -0.39 is 29.7 Å². The molecule has 0 bridgehead atoms. The van der Waals surface area contributed by atoms with Gasteiger partial charge in [0.1, 0.15) is 18.2 Å². The maximum absolute atomic E-state index is 12.9. The summed E-state index contributed by atoms with van der Waals surface area (Å²) in [6.07, 6.45) is -3.12. The molecule has 1 aromatic carbocycles. The van der Waals surface area contributed by atoms with Gasteiger partial charge in [0.15, 0.2) is 5.69 Å². The number of amides is 2. The van der Waals surface area contributed by atoms with Crippen LogP contribution in [-0.4, -0.2) is 49.4 Å². The van der Waals surface area contributed by atoms with Crippen LogP contribution in [0.4, 0.5) is 19.0 Å². The number of fused-ring (bicyclic) bond motifs is 1. The summed E-state index contributed by atoms with van der Waals surface area (Å²) in [6.45, 7) is 0.456. The van der Waals surface area contributed by atoms with Gasteiger partial charge in [0.05, 0.1) is 6.54 Å². The van der Waals surface area contributed by atoms with Gasteiger partial charge in [0.2, 0.25) is 5.82 Å². The second-order valence-electron chi connectivity index (χ2n) is 7.07. The van der Waals surface area contributed by atoms with Crippen molar-refractivity contribution in [2.24, 2.45) is 0 Å². The summed E-state index contributed by atoms with van der Waals surface area (Å²) < 4.78 is 41.4. The molecule has 0 saturated heterocycles. The minimum atomic E-state index is -4.61. The first-order valence-corrected chi connectivity index (χ1v) is 9.39. The first kappa shape index (κ1) is 20.6. The molecule has 31 heavy (non-hydrogen) atoms. The third kappa shape index (κ3) is 4.27. The monoisotopic (exact) mass is 433 g/mol. The maximum atomic E-state index is 12.9. The molecule has 1 unspecified atom stereocenters. The van der Waals surface area contributed by atoms with Gasteiger partial charge >= 0.3 is 6.18 Å². The molecule has 2 amide bonds. The fraction of sp³-hybridized carbons (Fsp3) is 0.316. The summed E-state index contributed by atoms with van der Waals surface area (Å²) in [5.74, 6) is -1.29. The number of hydrogen-bond acceptors (Lipinski definition) is 5. The van der Waals surface area contributed by atoms with Crippen molar-refractivity contribution in [2.75, 3.05) is 11.9 Å². The van der Waals surface area contributed by atoms with Crippen LogP contribution in [-0.2, 0) is 24.1 Å². The van der Waals surface area contributed by atoms with Crippen LogP contribution in [0.2, 0.25) is 0 Å². The van der Waals surface area contributed by atoms with Crippen molar-refractivity contribution in [1.29, 1.82) is 0 Å². The van der Waals surface area contributed by atoms with Gasteiger partial charge in [-0.1, -0.05) is 30.3 Å². The fourth-order valence-electron chi connectivity index (χ4n) is 3.30. The Balaban J connectivity index is 1.44. The number of carbonyl (C=O) groups excluding carboxylic acids is 2. The predicted octanol–water partition coefficient (Wildman–Crippen LogP) is 1.71. The quantitative estimate of drug-likeness (QED) is 0.676. The highest BCUT2D eigenvalue weighted by molar-refractivity contribution is 6.00. The Morgan fingerprint density at radius 3 is 2.68 bits per heavy atom. The van der Waals surface area contributed by atoms with Crippen LogP contribution in [0, 0.1) is 0 Å². The zero-order valence-electron chi connectivity index (χ0n) is 16.4. The molecule has 0 spiro atoms. The Labute approximate surface area is 174 Å². The summed E-state index contributed by atoms with van der Waals surface area (Å²) in [6, 6.07) is 9.35. The van der Waals surface area contributed by atoms with E-state index in [0.717, 1.165) is 21.2 Å². The normalized spacial score (nSPS) is 16.7. The minimum absolute atomic E-state index is 0.0133. The summed E-state index contributed by atoms with van der Waals surface area (Å²) in [5.41, 5.74) is -0.0923. The van der Waals surface area contributed by atoms with E-state index in [1.54, 1.807) is 0 Å². The van der Waals surface area contributed by atoms with Crippen LogP contribution < -0.4 is 10.2 Å². The van der Waals surface area contributed by atoms with Crippen molar-refractivity contribution in [3.63, 3.8) is 0 Å². The smallest absolute Gasteiger partial charge is 0.337 e. The number of halogens is 3. The second-order valence-corrected chi connectivity index (χ2v) is 7.07. The number of rotatable bonds is 4. The van der Waals surface area contributed by atoms with Crippen molar-refractivity contribution in [3.05, 3.63) is 59.8 Å². The maximum Gasteiger partial charge on any atom is 0.435 e. The molecule has 0 aliphatic carbocycles. The molecule has 3 aromatic rings. The van der Waals surface area contributed by atoms with Gasteiger partial charge in [-0.2, -0.15) is 18.3 Å². The van der Waals surface area contributed by atoms with Crippen molar-refractivity contribution < 1.29 is 22.8 Å². The Bertz CT molecular complexity index is 1110. The zero-order chi connectivity index (χ0) is 22.2. The molecule has 1 N–H and O–H groups in total. The lowest BCUT2D eigenvalue weighted by Crippen LogP contribution is -2.47. The van der Waals surface area contributed by atoms with Gasteiger partial charge in [-0.05, 0) is 12.0 Å². The number of anilines is 1. The minimum Gasteiger partial charge on any atom is -0.337 e. The van der Waals surface area contributed by atoms with Crippen molar-refractivity contribution in [2.45, 2.75) is 31.7 Å². The van der Waals surface area contributed by atoms with E-state index in [4.69, 9.17) is 0 Å². The number of benzene rings is 1. The van der Waals surface area contributed by atoms with Crippen LogP contribution in [0.1, 0.15) is 28.3 Å². The Morgan fingerprint density at radius 2 is 1.97 bits per heavy atom. The van der Waals surface area contributed by atoms with Gasteiger partial charge in [0.25, 0.3) is 11.8 Å². The summed E-state index contributed by atoms with van der Waals surface area (Å²) in [4.78, 5) is 30.3. The summed E-state index contributed by atoms with van der Waals surface area (Å²) in [5, 5.41) is 10.2. The van der Waals surface area contributed by atoms with Crippen LogP contribution >= 0.6 is 0 Å². The van der Waals surface area contributed by atoms with E-state index in [1.165, 1.54) is 18.1 Å². The molecule has 12 heteroatoms. The highest BCUT2D eigenvalue weighted by Gasteiger charge is 2.38. The second kappa shape index (κ2) is 7.85. The Kier molecular flexibility index (Phi) is 5.21. The molecule has 0 saturated carbocycles. The van der Waals surface area contributed by atoms with Crippen molar-refractivity contribution >= 4 is 17.6 Å². The number of likely N-dealkylation sites (N-methyl/N-ethyl adjacent to an activating group) is 1. The molecule has 0 fully saturated rings. The van der Waals surface area contributed by atoms with Gasteiger partial charge in [-0.3, -0.25) is 14.5 Å². The van der Waals surface area contributed by atoms with E-state index >= 15 is 0 Å². The highest BCUT2D eigenvalue weighted by Crippen LogP contribution is 2.32. The average Bonchev–Trinajstić information content (AvgIpc) is 3.35. The summed E-state index contributed by atoms with van der Waals surface area (Å²) >= 11 is 0. The molecule has 3 heterocycles. The van der Waals surface area contributed by atoms with Crippen molar-refractivity contribution in [1.82, 2.24) is 29.9 Å². The number of nitrogens with zero attached hydrogens (tertiary/aromatic N) is 6. The largest absolute Gasteiger partial charge is 0.435 e. The van der Waals surface area contributed by atoms with E-state index in [-0.39, 0.29) is 24.6 Å². The molecule has 1 aliphatic heterocycles. The highest BCUT2D eigenvalue weighted by atomic mass is 19.4. The third-order valence-electron chi connectivity index (χ3n) is 4.88. The molecule has 4 rings (SSSR count).